The zero-order chi connectivity index (χ0) is 24.9. The Balaban J connectivity index is 1.58. The average molecular weight is 479 g/mol. The van der Waals surface area contributed by atoms with Crippen LogP contribution < -0.4 is 10.1 Å². The second-order valence-electron chi connectivity index (χ2n) is 9.42. The van der Waals surface area contributed by atoms with Gasteiger partial charge in [0.05, 0.1) is 19.6 Å². The number of rotatable bonds is 9. The molecular weight excluding hydrogens is 444 g/mol. The molecule has 7 nitrogen and oxygen atoms in total. The fourth-order valence-electron chi connectivity index (χ4n) is 4.98. The van der Waals surface area contributed by atoms with Crippen LogP contribution >= 0.6 is 0 Å². The van der Waals surface area contributed by atoms with Crippen LogP contribution in [-0.4, -0.2) is 42.6 Å². The van der Waals surface area contributed by atoms with E-state index in [0.29, 0.717) is 11.5 Å². The Morgan fingerprint density at radius 1 is 1.14 bits per heavy atom. The van der Waals surface area contributed by atoms with Crippen molar-refractivity contribution in [2.24, 2.45) is 5.92 Å². The molecule has 1 amide bonds. The fraction of sp³-hybridized carbons (Fsp3) is 0.429. The molecule has 1 saturated carbocycles. The molecule has 1 fully saturated rings. The van der Waals surface area contributed by atoms with Gasteiger partial charge in [-0.3, -0.25) is 9.59 Å². The van der Waals surface area contributed by atoms with Gasteiger partial charge >= 0.3 is 5.97 Å². The van der Waals surface area contributed by atoms with Gasteiger partial charge in [0.25, 0.3) is 5.91 Å². The lowest BCUT2D eigenvalue weighted by Gasteiger charge is -2.31. The second kappa shape index (κ2) is 10.8. The first-order valence-corrected chi connectivity index (χ1v) is 12.3. The summed E-state index contributed by atoms with van der Waals surface area (Å²) >= 11 is 0. The smallest absolute Gasteiger partial charge is 0.305 e. The van der Waals surface area contributed by atoms with Crippen LogP contribution in [0.25, 0.3) is 11.0 Å². The van der Waals surface area contributed by atoms with Crippen LogP contribution in [0.5, 0.6) is 5.75 Å². The number of furan rings is 1. The van der Waals surface area contributed by atoms with Crippen LogP contribution in [0.3, 0.4) is 0 Å². The minimum Gasteiger partial charge on any atom is -0.497 e. The van der Waals surface area contributed by atoms with Crippen molar-refractivity contribution < 1.29 is 23.8 Å². The number of aryl methyl sites for hydroxylation is 1. The highest BCUT2D eigenvalue weighted by Gasteiger charge is 2.30. The summed E-state index contributed by atoms with van der Waals surface area (Å²) in [4.78, 5) is 24.9. The van der Waals surface area contributed by atoms with E-state index in [9.17, 15) is 9.59 Å². The minimum atomic E-state index is -0.919. The largest absolute Gasteiger partial charge is 0.497 e. The molecule has 1 aliphatic rings. The normalized spacial score (nSPS) is 15.1. The Bertz CT molecular complexity index is 1180. The van der Waals surface area contributed by atoms with Crippen molar-refractivity contribution in [3.63, 3.8) is 0 Å². The van der Waals surface area contributed by atoms with E-state index in [1.807, 2.05) is 30.3 Å². The number of carboxylic acid groups (broad SMARTS) is 1. The summed E-state index contributed by atoms with van der Waals surface area (Å²) in [6.45, 7) is 2.28. The Hall–Kier alpha value is -3.48. The SMILES string of the molecule is COc1ccc2oc(C(Nc3ccc(C(=O)N(C)CCC(=O)O)cc3)C3CCCCC3)c(C)c2c1. The van der Waals surface area contributed by atoms with Crippen LogP contribution in [0.15, 0.2) is 46.9 Å². The Labute approximate surface area is 206 Å². The van der Waals surface area contributed by atoms with E-state index in [1.165, 1.54) is 24.2 Å². The Kier molecular flexibility index (Phi) is 7.63. The summed E-state index contributed by atoms with van der Waals surface area (Å²) < 4.78 is 11.8. The number of nitrogens with one attached hydrogen (secondary N) is 1. The van der Waals surface area contributed by atoms with Gasteiger partial charge in [-0.2, -0.15) is 0 Å². The van der Waals surface area contributed by atoms with Crippen molar-refractivity contribution in [2.75, 3.05) is 26.0 Å². The molecule has 1 heterocycles. The van der Waals surface area contributed by atoms with E-state index in [-0.39, 0.29) is 24.9 Å². The van der Waals surface area contributed by atoms with Gasteiger partial charge in [0.2, 0.25) is 0 Å². The van der Waals surface area contributed by atoms with Crippen LogP contribution in [-0.2, 0) is 4.79 Å². The lowest BCUT2D eigenvalue weighted by molar-refractivity contribution is -0.137. The van der Waals surface area contributed by atoms with Gasteiger partial charge in [-0.1, -0.05) is 19.3 Å². The first-order chi connectivity index (χ1) is 16.9. The van der Waals surface area contributed by atoms with Gasteiger partial charge < -0.3 is 24.5 Å². The van der Waals surface area contributed by atoms with Crippen molar-refractivity contribution in [3.05, 3.63) is 59.4 Å². The van der Waals surface area contributed by atoms with E-state index in [2.05, 4.69) is 12.2 Å². The second-order valence-corrected chi connectivity index (χ2v) is 9.42. The number of fused-ring (bicyclic) bond motifs is 1. The topological polar surface area (TPSA) is 92.0 Å². The van der Waals surface area contributed by atoms with Crippen molar-refractivity contribution in [3.8, 4) is 5.75 Å². The third-order valence-electron chi connectivity index (χ3n) is 7.05. The highest BCUT2D eigenvalue weighted by atomic mass is 16.5. The number of amides is 1. The highest BCUT2D eigenvalue weighted by Crippen LogP contribution is 2.41. The summed E-state index contributed by atoms with van der Waals surface area (Å²) in [6, 6.07) is 13.3. The zero-order valence-corrected chi connectivity index (χ0v) is 20.7. The van der Waals surface area contributed by atoms with Crippen LogP contribution in [0.2, 0.25) is 0 Å². The number of carbonyl (C=O) groups is 2. The summed E-state index contributed by atoms with van der Waals surface area (Å²) in [6.07, 6.45) is 5.91. The summed E-state index contributed by atoms with van der Waals surface area (Å²) in [7, 11) is 3.29. The number of aliphatic carboxylic acids is 1. The number of carbonyl (C=O) groups excluding carboxylic acids is 1. The van der Waals surface area contributed by atoms with Crippen LogP contribution in [0.4, 0.5) is 5.69 Å². The molecule has 1 aromatic heterocycles. The molecule has 35 heavy (non-hydrogen) atoms. The number of hydrogen-bond donors (Lipinski definition) is 2. The molecule has 7 heteroatoms. The zero-order valence-electron chi connectivity index (χ0n) is 20.7. The monoisotopic (exact) mass is 478 g/mol. The van der Waals surface area contributed by atoms with Crippen molar-refractivity contribution in [1.29, 1.82) is 0 Å². The third-order valence-corrected chi connectivity index (χ3v) is 7.05. The van der Waals surface area contributed by atoms with Crippen molar-refractivity contribution in [2.45, 2.75) is 51.5 Å². The summed E-state index contributed by atoms with van der Waals surface area (Å²) in [5.74, 6) is 1.10. The molecule has 186 valence electrons. The minimum absolute atomic E-state index is 0.0217. The van der Waals surface area contributed by atoms with Gasteiger partial charge in [-0.05, 0) is 68.1 Å². The Morgan fingerprint density at radius 3 is 2.51 bits per heavy atom. The standard InChI is InChI=1S/C28H34N2O5/c1-18-23-17-22(34-3)13-14-24(23)35-27(18)26(19-7-5-4-6-8-19)29-21-11-9-20(10-12-21)28(33)30(2)16-15-25(31)32/h9-14,17,19,26,29H,4-8,15-16H2,1-3H3,(H,31,32). The molecule has 0 bridgehead atoms. The quantitative estimate of drug-likeness (QED) is 0.390. The lowest BCUT2D eigenvalue weighted by atomic mass is 9.82. The maximum absolute atomic E-state index is 12.6. The number of methoxy groups -OCH3 is 1. The van der Waals surface area contributed by atoms with Gasteiger partial charge in [0.15, 0.2) is 0 Å². The first kappa shape index (κ1) is 24.6. The van der Waals surface area contributed by atoms with Gasteiger partial charge in [-0.25, -0.2) is 0 Å². The van der Waals surface area contributed by atoms with E-state index >= 15 is 0 Å². The molecule has 0 saturated heterocycles. The number of nitrogens with zero attached hydrogens (tertiary/aromatic N) is 1. The van der Waals surface area contributed by atoms with Gasteiger partial charge in [-0.15, -0.1) is 0 Å². The molecule has 1 atom stereocenters. The maximum Gasteiger partial charge on any atom is 0.305 e. The summed E-state index contributed by atoms with van der Waals surface area (Å²) in [5.41, 5.74) is 3.42. The fourth-order valence-corrected chi connectivity index (χ4v) is 4.98. The summed E-state index contributed by atoms with van der Waals surface area (Å²) in [5, 5.41) is 13.6. The van der Waals surface area contributed by atoms with Crippen LogP contribution in [0, 0.1) is 12.8 Å². The molecule has 2 aromatic carbocycles. The van der Waals surface area contributed by atoms with Crippen LogP contribution in [0.1, 0.15) is 66.2 Å². The van der Waals surface area contributed by atoms with Crippen molar-refractivity contribution >= 4 is 28.5 Å². The third kappa shape index (κ3) is 5.61. The first-order valence-electron chi connectivity index (χ1n) is 12.3. The van der Waals surface area contributed by atoms with E-state index in [1.54, 1.807) is 26.3 Å². The number of carboxylic acids is 1. The van der Waals surface area contributed by atoms with E-state index in [4.69, 9.17) is 14.3 Å². The average Bonchev–Trinajstić information content (AvgIpc) is 3.21. The van der Waals surface area contributed by atoms with Gasteiger partial charge in [0.1, 0.15) is 17.1 Å². The van der Waals surface area contributed by atoms with E-state index < -0.39 is 5.97 Å². The number of hydrogen-bond acceptors (Lipinski definition) is 5. The molecule has 1 aliphatic carbocycles. The predicted octanol–water partition coefficient (Wildman–Crippen LogP) is 6.03. The molecule has 2 N–H and O–H groups in total. The molecule has 0 spiro atoms. The van der Waals surface area contributed by atoms with Crippen molar-refractivity contribution in [1.82, 2.24) is 4.90 Å². The molecule has 0 aliphatic heterocycles. The number of ether oxygens (including phenoxy) is 1. The molecule has 1 unspecified atom stereocenters. The number of benzene rings is 2. The molecule has 3 aromatic rings. The number of anilines is 1. The Morgan fingerprint density at radius 2 is 1.86 bits per heavy atom. The predicted molar refractivity (Wildman–Crippen MR) is 136 cm³/mol. The molecule has 4 rings (SSSR count). The van der Waals surface area contributed by atoms with Gasteiger partial charge in [0, 0.05) is 35.8 Å². The highest BCUT2D eigenvalue weighted by molar-refractivity contribution is 5.94. The lowest BCUT2D eigenvalue weighted by Crippen LogP contribution is -2.29. The molecular formula is C28H34N2O5. The molecule has 0 radical (unpaired) electrons. The maximum atomic E-state index is 12.6. The van der Waals surface area contributed by atoms with E-state index in [0.717, 1.165) is 46.6 Å².